The summed E-state index contributed by atoms with van der Waals surface area (Å²) in [6.07, 6.45) is 0.292. The lowest BCUT2D eigenvalue weighted by Crippen LogP contribution is -2.53. The molecule has 0 aliphatic carbocycles. The van der Waals surface area contributed by atoms with Crippen LogP contribution in [0, 0.1) is 5.41 Å². The van der Waals surface area contributed by atoms with Gasteiger partial charge in [0.1, 0.15) is 6.04 Å². The molecule has 0 bridgehead atoms. The van der Waals surface area contributed by atoms with Crippen LogP contribution in [0.2, 0.25) is 0 Å². The van der Waals surface area contributed by atoms with Gasteiger partial charge in [0, 0.05) is 19.0 Å². The molecule has 0 aromatic rings. The van der Waals surface area contributed by atoms with Gasteiger partial charge in [-0.25, -0.2) is 0 Å². The van der Waals surface area contributed by atoms with Gasteiger partial charge in [0.05, 0.1) is 13.2 Å². The second kappa shape index (κ2) is 7.67. The molecule has 2 atom stereocenters. The number of halogens is 1. The van der Waals surface area contributed by atoms with E-state index in [0.717, 1.165) is 6.54 Å². The molecule has 112 valence electrons. The van der Waals surface area contributed by atoms with Gasteiger partial charge in [-0.3, -0.25) is 9.59 Å². The number of carbonyl (C=O) groups excluding carboxylic acids is 2. The Morgan fingerprint density at radius 1 is 1.47 bits per heavy atom. The van der Waals surface area contributed by atoms with Gasteiger partial charge in [-0.2, -0.15) is 0 Å². The lowest BCUT2D eigenvalue weighted by Gasteiger charge is -2.30. The van der Waals surface area contributed by atoms with Gasteiger partial charge in [0.25, 0.3) is 0 Å². The molecule has 1 rings (SSSR count). The van der Waals surface area contributed by atoms with Crippen molar-refractivity contribution in [1.29, 1.82) is 0 Å². The maximum atomic E-state index is 11.9. The normalized spacial score (nSPS) is 21.1. The Balaban J connectivity index is 0.00000324. The smallest absolute Gasteiger partial charge is 0.240 e. The van der Waals surface area contributed by atoms with E-state index < -0.39 is 17.4 Å². The number of primary amides is 1. The maximum Gasteiger partial charge on any atom is 0.240 e. The van der Waals surface area contributed by atoms with Crippen molar-refractivity contribution in [2.45, 2.75) is 39.3 Å². The fraction of sp³-hybridized carbons (Fsp3) is 0.833. The minimum atomic E-state index is -0.658. The average molecular weight is 294 g/mol. The number of ether oxygens (including phenoxy) is 1. The van der Waals surface area contributed by atoms with Crippen molar-refractivity contribution in [2.24, 2.45) is 11.1 Å². The van der Waals surface area contributed by atoms with Gasteiger partial charge in [-0.05, 0) is 5.41 Å². The summed E-state index contributed by atoms with van der Waals surface area (Å²) in [6.45, 7) is 7.53. The van der Waals surface area contributed by atoms with E-state index in [1.165, 1.54) is 0 Å². The van der Waals surface area contributed by atoms with Crippen LogP contribution in [-0.4, -0.2) is 43.7 Å². The van der Waals surface area contributed by atoms with E-state index in [-0.39, 0.29) is 24.4 Å². The van der Waals surface area contributed by atoms with E-state index in [2.05, 4.69) is 10.6 Å². The highest BCUT2D eigenvalue weighted by Gasteiger charge is 2.31. The molecule has 1 aliphatic heterocycles. The SMILES string of the molecule is CC(C)(C)[C@H](NC(=O)CC1COCCN1)C(N)=O.Cl. The minimum absolute atomic E-state index is 0. The van der Waals surface area contributed by atoms with Crippen LogP contribution in [0.25, 0.3) is 0 Å². The van der Waals surface area contributed by atoms with Crippen LogP contribution < -0.4 is 16.4 Å². The van der Waals surface area contributed by atoms with Gasteiger partial charge in [-0.15, -0.1) is 12.4 Å². The molecule has 0 aromatic carbocycles. The first-order valence-corrected chi connectivity index (χ1v) is 6.20. The van der Waals surface area contributed by atoms with E-state index in [1.54, 1.807) is 0 Å². The quantitative estimate of drug-likeness (QED) is 0.669. The third-order valence-electron chi connectivity index (χ3n) is 2.89. The Bertz CT molecular complexity index is 312. The molecular formula is C12H24ClN3O3. The lowest BCUT2D eigenvalue weighted by molar-refractivity contribution is -0.130. The molecule has 0 spiro atoms. The number of amides is 2. The van der Waals surface area contributed by atoms with Gasteiger partial charge in [0.2, 0.25) is 11.8 Å². The average Bonchev–Trinajstić information content (AvgIpc) is 2.25. The summed E-state index contributed by atoms with van der Waals surface area (Å²) < 4.78 is 5.27. The van der Waals surface area contributed by atoms with E-state index in [4.69, 9.17) is 10.5 Å². The molecule has 2 amide bonds. The second-order valence-electron chi connectivity index (χ2n) is 5.70. The third kappa shape index (κ3) is 6.22. The second-order valence-corrected chi connectivity index (χ2v) is 5.70. The molecule has 1 aliphatic rings. The number of rotatable bonds is 4. The Morgan fingerprint density at radius 2 is 2.11 bits per heavy atom. The zero-order chi connectivity index (χ0) is 13.8. The first-order chi connectivity index (χ1) is 8.30. The van der Waals surface area contributed by atoms with Crippen LogP contribution in [0.5, 0.6) is 0 Å². The Hall–Kier alpha value is -0.850. The number of hydrogen-bond acceptors (Lipinski definition) is 4. The number of nitrogens with one attached hydrogen (secondary N) is 2. The van der Waals surface area contributed by atoms with Crippen molar-refractivity contribution >= 4 is 24.2 Å². The zero-order valence-electron chi connectivity index (χ0n) is 11.7. The summed E-state index contributed by atoms with van der Waals surface area (Å²) in [5.41, 5.74) is 4.92. The van der Waals surface area contributed by atoms with Gasteiger partial charge in [-0.1, -0.05) is 20.8 Å². The fourth-order valence-corrected chi connectivity index (χ4v) is 1.91. The monoisotopic (exact) mass is 293 g/mol. The highest BCUT2D eigenvalue weighted by Crippen LogP contribution is 2.19. The molecule has 1 saturated heterocycles. The summed E-state index contributed by atoms with van der Waals surface area (Å²) in [7, 11) is 0. The number of morpholine rings is 1. The zero-order valence-corrected chi connectivity index (χ0v) is 12.5. The first-order valence-electron chi connectivity index (χ1n) is 6.20. The highest BCUT2D eigenvalue weighted by atomic mass is 35.5. The van der Waals surface area contributed by atoms with Crippen LogP contribution in [0.1, 0.15) is 27.2 Å². The summed E-state index contributed by atoms with van der Waals surface area (Å²) in [5.74, 6) is -0.694. The van der Waals surface area contributed by atoms with Crippen LogP contribution in [-0.2, 0) is 14.3 Å². The fourth-order valence-electron chi connectivity index (χ4n) is 1.91. The molecule has 19 heavy (non-hydrogen) atoms. The molecule has 1 heterocycles. The van der Waals surface area contributed by atoms with Crippen molar-refractivity contribution in [1.82, 2.24) is 10.6 Å². The maximum absolute atomic E-state index is 11.9. The van der Waals surface area contributed by atoms with Crippen molar-refractivity contribution in [2.75, 3.05) is 19.8 Å². The molecule has 0 radical (unpaired) electrons. The predicted molar refractivity (Wildman–Crippen MR) is 75.1 cm³/mol. The molecule has 0 saturated carbocycles. The Morgan fingerprint density at radius 3 is 2.53 bits per heavy atom. The van der Waals surface area contributed by atoms with E-state index in [1.807, 2.05) is 20.8 Å². The molecule has 4 N–H and O–H groups in total. The molecule has 1 unspecified atom stereocenters. The number of hydrogen-bond donors (Lipinski definition) is 3. The molecule has 0 aromatic heterocycles. The van der Waals surface area contributed by atoms with E-state index in [0.29, 0.717) is 19.6 Å². The standard InChI is InChI=1S/C12H23N3O3.ClH/c1-12(2,3)10(11(13)17)15-9(16)6-8-7-18-5-4-14-8;/h8,10,14H,4-7H2,1-3H3,(H2,13,17)(H,15,16);1H/t8?,10-;/m1./s1. The summed E-state index contributed by atoms with van der Waals surface area (Å²) >= 11 is 0. The number of carbonyl (C=O) groups is 2. The van der Waals surface area contributed by atoms with Crippen LogP contribution >= 0.6 is 12.4 Å². The predicted octanol–water partition coefficient (Wildman–Crippen LogP) is -0.197. The summed E-state index contributed by atoms with van der Waals surface area (Å²) in [4.78, 5) is 23.2. The molecule has 1 fully saturated rings. The highest BCUT2D eigenvalue weighted by molar-refractivity contribution is 5.87. The van der Waals surface area contributed by atoms with Gasteiger partial charge < -0.3 is 21.1 Å². The number of nitrogens with two attached hydrogens (primary N) is 1. The summed E-state index contributed by atoms with van der Waals surface area (Å²) in [6, 6.07) is -0.651. The molecule has 7 heteroatoms. The van der Waals surface area contributed by atoms with Gasteiger partial charge in [0.15, 0.2) is 0 Å². The minimum Gasteiger partial charge on any atom is -0.378 e. The summed E-state index contributed by atoms with van der Waals surface area (Å²) in [5, 5.41) is 5.88. The Labute approximate surface area is 120 Å². The lowest BCUT2D eigenvalue weighted by atomic mass is 9.86. The van der Waals surface area contributed by atoms with Crippen LogP contribution in [0.4, 0.5) is 0 Å². The topological polar surface area (TPSA) is 93.4 Å². The van der Waals surface area contributed by atoms with Gasteiger partial charge >= 0.3 is 0 Å². The first kappa shape index (κ1) is 18.1. The van der Waals surface area contributed by atoms with E-state index in [9.17, 15) is 9.59 Å². The van der Waals surface area contributed by atoms with E-state index >= 15 is 0 Å². The third-order valence-corrected chi connectivity index (χ3v) is 2.89. The largest absolute Gasteiger partial charge is 0.378 e. The van der Waals surface area contributed by atoms with Crippen molar-refractivity contribution in [3.8, 4) is 0 Å². The van der Waals surface area contributed by atoms with Crippen LogP contribution in [0.15, 0.2) is 0 Å². The van der Waals surface area contributed by atoms with Crippen LogP contribution in [0.3, 0.4) is 0 Å². The van der Waals surface area contributed by atoms with Crippen molar-refractivity contribution in [3.63, 3.8) is 0 Å². The molecular weight excluding hydrogens is 270 g/mol. The van der Waals surface area contributed by atoms with Crippen molar-refractivity contribution < 1.29 is 14.3 Å². The molecule has 6 nitrogen and oxygen atoms in total. The van der Waals surface area contributed by atoms with Crippen molar-refractivity contribution in [3.05, 3.63) is 0 Å². The Kier molecular flexibility index (Phi) is 7.33.